The van der Waals surface area contributed by atoms with Crippen LogP contribution < -0.4 is 9.47 Å². The molecule has 162 valence electrons. The molecule has 8 nitrogen and oxygen atoms in total. The number of carbonyl (C=O) groups is 2. The van der Waals surface area contributed by atoms with Gasteiger partial charge in [0.05, 0.1) is 18.4 Å². The molecule has 0 atom stereocenters. The number of aromatic nitrogens is 2. The molecular weight excluding hydrogens is 384 g/mol. The highest BCUT2D eigenvalue weighted by Gasteiger charge is 2.25. The summed E-state index contributed by atoms with van der Waals surface area (Å²) in [6.07, 6.45) is 3.37. The molecule has 1 aliphatic heterocycles. The van der Waals surface area contributed by atoms with Gasteiger partial charge in [-0.15, -0.1) is 0 Å². The largest absolute Gasteiger partial charge is 0.497 e. The van der Waals surface area contributed by atoms with Crippen LogP contribution in [0.15, 0.2) is 24.4 Å². The predicted molar refractivity (Wildman–Crippen MR) is 113 cm³/mol. The summed E-state index contributed by atoms with van der Waals surface area (Å²) in [5.41, 5.74) is 2.36. The molecule has 8 heteroatoms. The van der Waals surface area contributed by atoms with Crippen LogP contribution in [0.2, 0.25) is 0 Å². The van der Waals surface area contributed by atoms with E-state index in [0.29, 0.717) is 36.7 Å². The summed E-state index contributed by atoms with van der Waals surface area (Å²) < 4.78 is 13.3. The van der Waals surface area contributed by atoms with Gasteiger partial charge in [0.25, 0.3) is 5.91 Å². The van der Waals surface area contributed by atoms with Crippen molar-refractivity contribution in [2.45, 2.75) is 39.3 Å². The molecule has 3 rings (SSSR count). The number of nitrogens with zero attached hydrogens (tertiary/aromatic N) is 4. The van der Waals surface area contributed by atoms with E-state index in [1.807, 2.05) is 25.1 Å². The van der Waals surface area contributed by atoms with Gasteiger partial charge >= 0.3 is 0 Å². The third-order valence-corrected chi connectivity index (χ3v) is 5.47. The number of ether oxygens (including phenoxy) is 2. The van der Waals surface area contributed by atoms with Crippen molar-refractivity contribution in [2.75, 3.05) is 27.2 Å². The van der Waals surface area contributed by atoms with Gasteiger partial charge in [0.2, 0.25) is 5.91 Å². The zero-order valence-corrected chi connectivity index (χ0v) is 18.3. The lowest BCUT2D eigenvalue weighted by Crippen LogP contribution is -2.40. The van der Waals surface area contributed by atoms with Crippen LogP contribution in [-0.4, -0.2) is 64.7 Å². The highest BCUT2D eigenvalue weighted by molar-refractivity contribution is 5.97. The lowest BCUT2D eigenvalue weighted by Gasteiger charge is -2.32. The summed E-state index contributed by atoms with van der Waals surface area (Å²) in [4.78, 5) is 28.3. The van der Waals surface area contributed by atoms with Gasteiger partial charge in [0.1, 0.15) is 17.6 Å². The molecule has 1 fully saturated rings. The Morgan fingerprint density at radius 2 is 1.97 bits per heavy atom. The Bertz CT molecular complexity index is 916. The first-order valence-electron chi connectivity index (χ1n) is 10.1. The maximum absolute atomic E-state index is 13.2. The highest BCUT2D eigenvalue weighted by atomic mass is 16.5. The van der Waals surface area contributed by atoms with Crippen molar-refractivity contribution < 1.29 is 19.1 Å². The summed E-state index contributed by atoms with van der Waals surface area (Å²) in [6, 6.07) is 5.30. The summed E-state index contributed by atoms with van der Waals surface area (Å²) in [7, 11) is 5.21. The second kappa shape index (κ2) is 9.19. The number of methoxy groups -OCH3 is 1. The molecule has 2 amide bonds. The molecule has 0 bridgehead atoms. The fourth-order valence-corrected chi connectivity index (χ4v) is 3.71. The van der Waals surface area contributed by atoms with E-state index in [4.69, 9.17) is 9.47 Å². The number of carbonyl (C=O) groups excluding carboxylic acids is 2. The zero-order valence-electron chi connectivity index (χ0n) is 18.3. The van der Waals surface area contributed by atoms with Gasteiger partial charge in [0, 0.05) is 65.3 Å². The van der Waals surface area contributed by atoms with Crippen molar-refractivity contribution in [3.63, 3.8) is 0 Å². The second-order valence-corrected chi connectivity index (χ2v) is 7.76. The van der Waals surface area contributed by atoms with E-state index in [-0.39, 0.29) is 17.9 Å². The monoisotopic (exact) mass is 414 g/mol. The van der Waals surface area contributed by atoms with Crippen molar-refractivity contribution in [1.82, 2.24) is 19.6 Å². The lowest BCUT2D eigenvalue weighted by molar-refractivity contribution is -0.130. The van der Waals surface area contributed by atoms with E-state index < -0.39 is 0 Å². The topological polar surface area (TPSA) is 76.9 Å². The SMILES string of the molecule is COc1ccc(OC2CCN(C(C)=O)CC2)c(C(=O)N(C)Cc2cn(C)nc2C)c1. The van der Waals surface area contributed by atoms with Crippen molar-refractivity contribution >= 4 is 11.8 Å². The summed E-state index contributed by atoms with van der Waals surface area (Å²) in [6.45, 7) is 5.30. The number of rotatable bonds is 6. The molecule has 2 aromatic rings. The molecular formula is C22H30N4O4. The standard InChI is InChI=1S/C22H30N4O4/c1-15-17(14-25(4)23-15)13-24(3)22(28)20-12-19(29-5)6-7-21(20)30-18-8-10-26(11-9-18)16(2)27/h6-7,12,14,18H,8-11,13H2,1-5H3. The minimum absolute atomic E-state index is 0.0357. The molecule has 0 aliphatic carbocycles. The fourth-order valence-electron chi connectivity index (χ4n) is 3.71. The molecule has 30 heavy (non-hydrogen) atoms. The highest BCUT2D eigenvalue weighted by Crippen LogP contribution is 2.28. The van der Waals surface area contributed by atoms with Crippen molar-refractivity contribution in [1.29, 1.82) is 0 Å². The Morgan fingerprint density at radius 3 is 2.53 bits per heavy atom. The van der Waals surface area contributed by atoms with E-state index in [1.54, 1.807) is 48.9 Å². The van der Waals surface area contributed by atoms with E-state index in [2.05, 4.69) is 5.10 Å². The Balaban J connectivity index is 1.76. The number of hydrogen-bond donors (Lipinski definition) is 0. The van der Waals surface area contributed by atoms with E-state index in [1.165, 1.54) is 0 Å². The quantitative estimate of drug-likeness (QED) is 0.725. The first kappa shape index (κ1) is 21.7. The third-order valence-electron chi connectivity index (χ3n) is 5.47. The minimum atomic E-state index is -0.145. The zero-order chi connectivity index (χ0) is 21.8. The first-order chi connectivity index (χ1) is 14.3. The average molecular weight is 415 g/mol. The van der Waals surface area contributed by atoms with E-state index >= 15 is 0 Å². The van der Waals surface area contributed by atoms with E-state index in [9.17, 15) is 9.59 Å². The Morgan fingerprint density at radius 1 is 1.27 bits per heavy atom. The molecule has 0 saturated carbocycles. The van der Waals surface area contributed by atoms with Gasteiger partial charge in [-0.05, 0) is 25.1 Å². The molecule has 0 radical (unpaired) electrons. The molecule has 1 aliphatic rings. The van der Waals surface area contributed by atoms with Gasteiger partial charge in [-0.3, -0.25) is 14.3 Å². The Labute approximate surface area is 177 Å². The number of hydrogen-bond acceptors (Lipinski definition) is 5. The lowest BCUT2D eigenvalue weighted by atomic mass is 10.1. The maximum atomic E-state index is 13.2. The molecule has 1 aromatic carbocycles. The number of piperidine rings is 1. The van der Waals surface area contributed by atoms with Gasteiger partial charge in [0.15, 0.2) is 0 Å². The van der Waals surface area contributed by atoms with Gasteiger partial charge in [-0.25, -0.2) is 0 Å². The van der Waals surface area contributed by atoms with Crippen LogP contribution in [0.25, 0.3) is 0 Å². The first-order valence-corrected chi connectivity index (χ1v) is 10.1. The summed E-state index contributed by atoms with van der Waals surface area (Å²) in [5, 5.41) is 4.34. The molecule has 2 heterocycles. The third kappa shape index (κ3) is 4.93. The Hall–Kier alpha value is -3.03. The smallest absolute Gasteiger partial charge is 0.257 e. The summed E-state index contributed by atoms with van der Waals surface area (Å²) in [5.74, 6) is 1.08. The van der Waals surface area contributed by atoms with Crippen molar-refractivity contribution in [2.24, 2.45) is 7.05 Å². The van der Waals surface area contributed by atoms with Crippen LogP contribution in [0.3, 0.4) is 0 Å². The van der Waals surface area contributed by atoms with Crippen LogP contribution in [0.4, 0.5) is 0 Å². The summed E-state index contributed by atoms with van der Waals surface area (Å²) >= 11 is 0. The number of amides is 2. The van der Waals surface area contributed by atoms with Gasteiger partial charge in [-0.2, -0.15) is 5.10 Å². The van der Waals surface area contributed by atoms with Gasteiger partial charge in [-0.1, -0.05) is 0 Å². The average Bonchev–Trinajstić information content (AvgIpc) is 3.04. The van der Waals surface area contributed by atoms with Crippen molar-refractivity contribution in [3.8, 4) is 11.5 Å². The normalized spacial score (nSPS) is 14.5. The Kier molecular flexibility index (Phi) is 6.64. The van der Waals surface area contributed by atoms with E-state index in [0.717, 1.165) is 24.1 Å². The van der Waals surface area contributed by atoms with Crippen molar-refractivity contribution in [3.05, 3.63) is 41.2 Å². The fraction of sp³-hybridized carbons (Fsp3) is 0.500. The number of aryl methyl sites for hydroxylation is 2. The van der Waals surface area contributed by atoms with Crippen LogP contribution in [-0.2, 0) is 18.4 Å². The van der Waals surface area contributed by atoms with Crippen LogP contribution in [0, 0.1) is 6.92 Å². The van der Waals surface area contributed by atoms with Crippen LogP contribution in [0.5, 0.6) is 11.5 Å². The predicted octanol–water partition coefficient (Wildman–Crippen LogP) is 2.40. The van der Waals surface area contributed by atoms with Crippen LogP contribution >= 0.6 is 0 Å². The molecule has 1 aromatic heterocycles. The minimum Gasteiger partial charge on any atom is -0.497 e. The molecule has 0 N–H and O–H groups in total. The molecule has 0 unspecified atom stereocenters. The number of benzene rings is 1. The number of likely N-dealkylation sites (tertiary alicyclic amines) is 1. The molecule has 0 spiro atoms. The van der Waals surface area contributed by atoms with Gasteiger partial charge < -0.3 is 19.3 Å². The second-order valence-electron chi connectivity index (χ2n) is 7.76. The van der Waals surface area contributed by atoms with Crippen LogP contribution in [0.1, 0.15) is 41.4 Å². The molecule has 1 saturated heterocycles. The maximum Gasteiger partial charge on any atom is 0.257 e.